The number of rotatable bonds is 3. The average Bonchev–Trinajstić information content (AvgIpc) is 2.72. The molecule has 0 bridgehead atoms. The van der Waals surface area contributed by atoms with E-state index >= 15 is 0 Å². The molecular weight excluding hydrogens is 334 g/mol. The van der Waals surface area contributed by atoms with Crippen molar-refractivity contribution in [3.05, 3.63) is 22.8 Å². The number of nitrogens with one attached hydrogen (secondary N) is 2. The van der Waals surface area contributed by atoms with Crippen LogP contribution in [0.1, 0.15) is 22.8 Å². The van der Waals surface area contributed by atoms with Crippen LogP contribution >= 0.6 is 0 Å². The zero-order valence-corrected chi connectivity index (χ0v) is 13.1. The average molecular weight is 348 g/mol. The molecule has 2 N–H and O–H groups in total. The van der Waals surface area contributed by atoms with Crippen LogP contribution in [0.2, 0.25) is 0 Å². The van der Waals surface area contributed by atoms with E-state index in [0.717, 1.165) is 11.4 Å². The van der Waals surface area contributed by atoms with Crippen LogP contribution in [-0.4, -0.2) is 46.7 Å². The van der Waals surface area contributed by atoms with Gasteiger partial charge in [-0.3, -0.25) is 0 Å². The summed E-state index contributed by atoms with van der Waals surface area (Å²) in [6, 6.07) is 0. The van der Waals surface area contributed by atoms with Gasteiger partial charge in [-0.05, 0) is 0 Å². The fraction of sp³-hybridized carbons (Fsp3) is 0.400. The minimum atomic E-state index is 0.494. The van der Waals surface area contributed by atoms with E-state index in [9.17, 15) is 0 Å². The Bertz CT molecular complexity index is 416. The van der Waals surface area contributed by atoms with E-state index in [1.54, 1.807) is 0 Å². The molecule has 0 aliphatic carbocycles. The summed E-state index contributed by atoms with van der Waals surface area (Å²) in [5.74, 6) is 0. The molecule has 0 aliphatic rings. The van der Waals surface area contributed by atoms with Crippen molar-refractivity contribution in [2.75, 3.05) is 0 Å². The fourth-order valence-corrected chi connectivity index (χ4v) is 10.3. The molecule has 0 unspecified atom stereocenters. The second-order valence-corrected chi connectivity index (χ2v) is 9.74. The molecule has 0 saturated carbocycles. The summed E-state index contributed by atoms with van der Waals surface area (Å²) in [6.45, 7) is 8.35. The van der Waals surface area contributed by atoms with E-state index < -0.39 is 0 Å². The molecule has 16 heavy (non-hydrogen) atoms. The second kappa shape index (κ2) is 4.76. The van der Waals surface area contributed by atoms with Crippen LogP contribution in [0, 0.1) is 27.7 Å². The summed E-state index contributed by atoms with van der Waals surface area (Å²) < 4.78 is 2.85. The van der Waals surface area contributed by atoms with Crippen molar-refractivity contribution in [2.24, 2.45) is 0 Å². The Balaban J connectivity index is 2.14. The number of aryl methyl sites for hydroxylation is 4. The molecule has 0 aromatic carbocycles. The summed E-state index contributed by atoms with van der Waals surface area (Å²) in [7, 11) is 0. The third-order valence-corrected chi connectivity index (χ3v) is 10.3. The molecule has 0 spiro atoms. The summed E-state index contributed by atoms with van der Waals surface area (Å²) in [6.07, 6.45) is 0. The Labute approximate surface area is 106 Å². The molecule has 0 amide bonds. The van der Waals surface area contributed by atoms with E-state index in [2.05, 4.69) is 48.1 Å². The molecule has 4 nitrogen and oxygen atoms in total. The Morgan fingerprint density at radius 2 is 1.12 bits per heavy atom. The topological polar surface area (TPSA) is 57.4 Å². The van der Waals surface area contributed by atoms with Gasteiger partial charge in [0.1, 0.15) is 0 Å². The third-order valence-electron chi connectivity index (χ3n) is 2.33. The quantitative estimate of drug-likeness (QED) is 0.745. The number of hydrogen-bond acceptors (Lipinski definition) is 2. The van der Waals surface area contributed by atoms with Crippen LogP contribution in [0.25, 0.3) is 0 Å². The number of nitrogens with zero attached hydrogens (tertiary/aromatic N) is 2. The maximum atomic E-state index is 4.24. The molecule has 0 fully saturated rings. The molecule has 0 radical (unpaired) electrons. The van der Waals surface area contributed by atoms with Crippen LogP contribution in [0.4, 0.5) is 0 Å². The number of hydrogen-bond donors (Lipinski definition) is 2. The van der Waals surface area contributed by atoms with Gasteiger partial charge in [0.25, 0.3) is 0 Å². The van der Waals surface area contributed by atoms with Crippen LogP contribution in [-0.2, 0) is 0 Å². The first kappa shape index (κ1) is 11.9. The van der Waals surface area contributed by atoms with Gasteiger partial charge in [-0.1, -0.05) is 0 Å². The van der Waals surface area contributed by atoms with Crippen LogP contribution in [0.5, 0.6) is 0 Å². The summed E-state index contributed by atoms with van der Waals surface area (Å²) in [4.78, 5) is 0. The first-order valence-corrected chi connectivity index (χ1v) is 11.0. The Kier molecular flexibility index (Phi) is 3.55. The normalized spacial score (nSPS) is 11.0. The monoisotopic (exact) mass is 350 g/mol. The Hall–Kier alpha value is -0.541. The van der Waals surface area contributed by atoms with Gasteiger partial charge in [-0.25, -0.2) is 0 Å². The fourth-order valence-electron chi connectivity index (χ4n) is 1.41. The zero-order valence-electron chi connectivity index (χ0n) is 9.71. The molecule has 2 aromatic rings. The van der Waals surface area contributed by atoms with Crippen molar-refractivity contribution in [3.63, 3.8) is 0 Å². The summed E-state index contributed by atoms with van der Waals surface area (Å²) >= 11 is 0.987. The minimum absolute atomic E-state index is 0.494. The summed E-state index contributed by atoms with van der Waals surface area (Å²) in [5, 5.41) is 14.6. The molecule has 0 aliphatic heterocycles. The molecule has 2 rings (SSSR count). The molecule has 86 valence electrons. The van der Waals surface area contributed by atoms with Gasteiger partial charge in [0.2, 0.25) is 0 Å². The maximum absolute atomic E-state index is 4.24. The van der Waals surface area contributed by atoms with Crippen LogP contribution < -0.4 is 8.92 Å². The van der Waals surface area contributed by atoms with Crippen molar-refractivity contribution in [1.82, 2.24) is 20.4 Å². The van der Waals surface area contributed by atoms with Crippen molar-refractivity contribution in [3.8, 4) is 0 Å². The van der Waals surface area contributed by atoms with Gasteiger partial charge < -0.3 is 0 Å². The van der Waals surface area contributed by atoms with Crippen molar-refractivity contribution < 1.29 is 0 Å². The van der Waals surface area contributed by atoms with E-state index in [1.165, 1.54) is 20.3 Å². The molecular formula is C10H14N4Se2. The van der Waals surface area contributed by atoms with Gasteiger partial charge in [-0.15, -0.1) is 0 Å². The predicted octanol–water partition coefficient (Wildman–Crippen LogP) is -0.359. The molecule has 2 heterocycles. The van der Waals surface area contributed by atoms with Crippen molar-refractivity contribution in [2.45, 2.75) is 27.7 Å². The van der Waals surface area contributed by atoms with E-state index in [1.807, 2.05) is 0 Å². The standard InChI is InChI=1S/C10H14N4Se2/c1-5-9(6(2)12-11-5)15-16-10-7(3)13-14-8(10)4/h1-4H3,(H,11,12)(H,13,14). The van der Waals surface area contributed by atoms with Gasteiger partial charge in [0.05, 0.1) is 0 Å². The zero-order chi connectivity index (χ0) is 11.7. The Morgan fingerprint density at radius 1 is 0.750 bits per heavy atom. The van der Waals surface area contributed by atoms with Crippen molar-refractivity contribution >= 4 is 35.2 Å². The SMILES string of the molecule is Cc1n[nH]c(C)c1[Se][Se]c1c(C)n[nH]c1C. The Morgan fingerprint density at radius 3 is 1.38 bits per heavy atom. The molecule has 0 atom stereocenters. The van der Waals surface area contributed by atoms with E-state index in [-0.39, 0.29) is 0 Å². The number of aromatic amines is 2. The van der Waals surface area contributed by atoms with Crippen molar-refractivity contribution in [1.29, 1.82) is 0 Å². The molecule has 2 aromatic heterocycles. The van der Waals surface area contributed by atoms with Gasteiger partial charge >= 0.3 is 106 Å². The number of aromatic nitrogens is 4. The van der Waals surface area contributed by atoms with E-state index in [0.29, 0.717) is 26.3 Å². The first-order chi connectivity index (χ1) is 7.59. The third kappa shape index (κ3) is 2.25. The number of H-pyrrole nitrogens is 2. The molecule has 0 saturated heterocycles. The van der Waals surface area contributed by atoms with Crippen LogP contribution in [0.15, 0.2) is 0 Å². The predicted molar refractivity (Wildman–Crippen MR) is 66.9 cm³/mol. The second-order valence-electron chi connectivity index (χ2n) is 3.69. The van der Waals surface area contributed by atoms with Gasteiger partial charge in [0.15, 0.2) is 0 Å². The van der Waals surface area contributed by atoms with Gasteiger partial charge in [0, 0.05) is 0 Å². The van der Waals surface area contributed by atoms with Gasteiger partial charge in [-0.2, -0.15) is 0 Å². The van der Waals surface area contributed by atoms with Crippen LogP contribution in [0.3, 0.4) is 0 Å². The summed E-state index contributed by atoms with van der Waals surface area (Å²) in [5.41, 5.74) is 4.74. The van der Waals surface area contributed by atoms with E-state index in [4.69, 9.17) is 0 Å². The first-order valence-electron chi connectivity index (χ1n) is 4.97. The molecule has 6 heteroatoms.